The summed E-state index contributed by atoms with van der Waals surface area (Å²) in [4.78, 5) is 11.9. The third kappa shape index (κ3) is 2.05. The summed E-state index contributed by atoms with van der Waals surface area (Å²) in [6.45, 7) is 0. The molecule has 4 heteroatoms. The van der Waals surface area contributed by atoms with Gasteiger partial charge in [-0.2, -0.15) is 0 Å². The normalized spacial score (nSPS) is 19.2. The fourth-order valence-corrected chi connectivity index (χ4v) is 2.52. The standard InChI is InChI=1S/C13H16ClNO2/c1-17-12(16)13(7-2-8-13)11(15)9-3-5-10(14)6-4-9/h3-6,11H,2,7-8,15H2,1H3. The summed E-state index contributed by atoms with van der Waals surface area (Å²) in [6.07, 6.45) is 2.61. The SMILES string of the molecule is COC(=O)C1(C(N)c2ccc(Cl)cc2)CCC1. The van der Waals surface area contributed by atoms with E-state index >= 15 is 0 Å². The largest absolute Gasteiger partial charge is 0.469 e. The number of hydrogen-bond acceptors (Lipinski definition) is 3. The van der Waals surface area contributed by atoms with Crippen molar-refractivity contribution in [2.75, 3.05) is 7.11 Å². The highest BCUT2D eigenvalue weighted by Gasteiger charge is 2.50. The van der Waals surface area contributed by atoms with Crippen molar-refractivity contribution < 1.29 is 9.53 Å². The van der Waals surface area contributed by atoms with Gasteiger partial charge in [0.05, 0.1) is 12.5 Å². The average molecular weight is 254 g/mol. The molecule has 3 nitrogen and oxygen atoms in total. The molecule has 1 aliphatic carbocycles. The van der Waals surface area contributed by atoms with Crippen molar-refractivity contribution in [1.29, 1.82) is 0 Å². The fourth-order valence-electron chi connectivity index (χ4n) is 2.39. The van der Waals surface area contributed by atoms with Crippen molar-refractivity contribution in [1.82, 2.24) is 0 Å². The van der Waals surface area contributed by atoms with E-state index in [2.05, 4.69) is 0 Å². The minimum atomic E-state index is -0.539. The van der Waals surface area contributed by atoms with E-state index in [-0.39, 0.29) is 12.0 Å². The third-order valence-electron chi connectivity index (χ3n) is 3.66. The number of halogens is 1. The Bertz CT molecular complexity index is 412. The summed E-state index contributed by atoms with van der Waals surface area (Å²) in [5, 5.41) is 0.668. The highest BCUT2D eigenvalue weighted by molar-refractivity contribution is 6.30. The van der Waals surface area contributed by atoms with Gasteiger partial charge >= 0.3 is 5.97 Å². The Morgan fingerprint density at radius 1 is 1.41 bits per heavy atom. The monoisotopic (exact) mass is 253 g/mol. The smallest absolute Gasteiger partial charge is 0.313 e. The second-order valence-corrected chi connectivity index (χ2v) is 4.97. The van der Waals surface area contributed by atoms with Crippen LogP contribution in [0.5, 0.6) is 0 Å². The number of rotatable bonds is 3. The molecule has 2 N–H and O–H groups in total. The number of nitrogens with two attached hydrogens (primary N) is 1. The predicted molar refractivity (Wildman–Crippen MR) is 66.7 cm³/mol. The summed E-state index contributed by atoms with van der Waals surface area (Å²) in [5.74, 6) is -0.203. The van der Waals surface area contributed by atoms with Crippen LogP contribution in [-0.2, 0) is 9.53 Å². The Labute approximate surface area is 106 Å². The predicted octanol–water partition coefficient (Wildman–Crippen LogP) is 2.68. The van der Waals surface area contributed by atoms with E-state index in [4.69, 9.17) is 22.1 Å². The lowest BCUT2D eigenvalue weighted by Crippen LogP contribution is -2.47. The van der Waals surface area contributed by atoms with E-state index in [1.165, 1.54) is 7.11 Å². The molecular formula is C13H16ClNO2. The Morgan fingerprint density at radius 2 is 2.00 bits per heavy atom. The molecule has 1 unspecified atom stereocenters. The molecule has 1 aromatic rings. The highest BCUT2D eigenvalue weighted by atomic mass is 35.5. The molecule has 0 saturated heterocycles. The lowest BCUT2D eigenvalue weighted by molar-refractivity contribution is -0.160. The van der Waals surface area contributed by atoms with E-state index < -0.39 is 5.41 Å². The number of hydrogen-bond donors (Lipinski definition) is 1. The van der Waals surface area contributed by atoms with Crippen LogP contribution in [0.2, 0.25) is 5.02 Å². The van der Waals surface area contributed by atoms with Gasteiger partial charge in [-0.25, -0.2) is 0 Å². The fraction of sp³-hybridized carbons (Fsp3) is 0.462. The Hall–Kier alpha value is -1.06. The van der Waals surface area contributed by atoms with E-state index in [9.17, 15) is 4.79 Å². The number of carbonyl (C=O) groups is 1. The summed E-state index contributed by atoms with van der Waals surface area (Å²) in [5.41, 5.74) is 6.61. The zero-order chi connectivity index (χ0) is 12.5. The van der Waals surface area contributed by atoms with Crippen LogP contribution in [0.1, 0.15) is 30.9 Å². The lowest BCUT2D eigenvalue weighted by atomic mass is 9.62. The van der Waals surface area contributed by atoms with Crippen LogP contribution in [0.15, 0.2) is 24.3 Å². The van der Waals surface area contributed by atoms with Gasteiger partial charge in [-0.1, -0.05) is 30.2 Å². The minimum absolute atomic E-state index is 0.203. The zero-order valence-electron chi connectivity index (χ0n) is 9.78. The van der Waals surface area contributed by atoms with Gasteiger partial charge in [0.2, 0.25) is 0 Å². The molecule has 0 aromatic heterocycles. The third-order valence-corrected chi connectivity index (χ3v) is 3.91. The van der Waals surface area contributed by atoms with Gasteiger partial charge in [-0.05, 0) is 30.5 Å². The van der Waals surface area contributed by atoms with Gasteiger partial charge in [0.15, 0.2) is 0 Å². The van der Waals surface area contributed by atoms with Crippen LogP contribution in [-0.4, -0.2) is 13.1 Å². The summed E-state index contributed by atoms with van der Waals surface area (Å²) in [6, 6.07) is 7.01. The summed E-state index contributed by atoms with van der Waals surface area (Å²) >= 11 is 5.84. The number of benzene rings is 1. The van der Waals surface area contributed by atoms with E-state index in [1.54, 1.807) is 12.1 Å². The molecule has 1 aliphatic rings. The number of ether oxygens (including phenoxy) is 1. The second kappa shape index (κ2) is 4.67. The molecule has 1 saturated carbocycles. The topological polar surface area (TPSA) is 52.3 Å². The summed E-state index contributed by atoms with van der Waals surface area (Å²) < 4.78 is 4.88. The first kappa shape index (κ1) is 12.4. The molecule has 2 rings (SSSR count). The van der Waals surface area contributed by atoms with Crippen LogP contribution in [0.4, 0.5) is 0 Å². The summed E-state index contributed by atoms with van der Waals surface area (Å²) in [7, 11) is 1.41. The van der Waals surface area contributed by atoms with Gasteiger partial charge in [-0.3, -0.25) is 4.79 Å². The first-order chi connectivity index (χ1) is 8.10. The number of esters is 1. The van der Waals surface area contributed by atoms with Crippen LogP contribution in [0, 0.1) is 5.41 Å². The molecule has 1 fully saturated rings. The van der Waals surface area contributed by atoms with Gasteiger partial charge in [0.1, 0.15) is 0 Å². The van der Waals surface area contributed by atoms with Crippen molar-refractivity contribution in [2.45, 2.75) is 25.3 Å². The van der Waals surface area contributed by atoms with Gasteiger partial charge in [-0.15, -0.1) is 0 Å². The van der Waals surface area contributed by atoms with Crippen molar-refractivity contribution >= 4 is 17.6 Å². The van der Waals surface area contributed by atoms with E-state index in [0.29, 0.717) is 5.02 Å². The first-order valence-corrected chi connectivity index (χ1v) is 6.07. The van der Waals surface area contributed by atoms with Crippen molar-refractivity contribution in [2.24, 2.45) is 11.1 Å². The molecule has 0 amide bonds. The molecule has 0 heterocycles. The maximum Gasteiger partial charge on any atom is 0.313 e. The van der Waals surface area contributed by atoms with Gasteiger partial charge in [0, 0.05) is 11.1 Å². The van der Waals surface area contributed by atoms with Gasteiger partial charge in [0.25, 0.3) is 0 Å². The molecule has 0 radical (unpaired) electrons. The first-order valence-electron chi connectivity index (χ1n) is 5.69. The average Bonchev–Trinajstić information content (AvgIpc) is 2.28. The molecule has 1 atom stereocenters. The van der Waals surface area contributed by atoms with E-state index in [1.807, 2.05) is 12.1 Å². The number of methoxy groups -OCH3 is 1. The van der Waals surface area contributed by atoms with Crippen LogP contribution in [0.3, 0.4) is 0 Å². The lowest BCUT2D eigenvalue weighted by Gasteiger charge is -2.43. The van der Waals surface area contributed by atoms with Crippen molar-refractivity contribution in [3.8, 4) is 0 Å². The molecule has 0 spiro atoms. The Morgan fingerprint density at radius 3 is 2.41 bits per heavy atom. The van der Waals surface area contributed by atoms with Crippen molar-refractivity contribution in [3.63, 3.8) is 0 Å². The minimum Gasteiger partial charge on any atom is -0.469 e. The molecule has 0 aliphatic heterocycles. The molecular weight excluding hydrogens is 238 g/mol. The van der Waals surface area contributed by atoms with Crippen molar-refractivity contribution in [3.05, 3.63) is 34.9 Å². The zero-order valence-corrected chi connectivity index (χ0v) is 10.5. The molecule has 17 heavy (non-hydrogen) atoms. The number of carbonyl (C=O) groups excluding carboxylic acids is 1. The van der Waals surface area contributed by atoms with Crippen LogP contribution < -0.4 is 5.73 Å². The van der Waals surface area contributed by atoms with Crippen LogP contribution >= 0.6 is 11.6 Å². The maximum absolute atomic E-state index is 11.9. The second-order valence-electron chi connectivity index (χ2n) is 4.53. The maximum atomic E-state index is 11.9. The molecule has 92 valence electrons. The molecule has 0 bridgehead atoms. The van der Waals surface area contributed by atoms with Gasteiger partial charge < -0.3 is 10.5 Å². The Kier molecular flexibility index (Phi) is 3.40. The molecule has 1 aromatic carbocycles. The highest BCUT2D eigenvalue weighted by Crippen LogP contribution is 2.50. The Balaban J connectivity index is 2.26. The van der Waals surface area contributed by atoms with E-state index in [0.717, 1.165) is 24.8 Å². The van der Waals surface area contributed by atoms with Crippen LogP contribution in [0.25, 0.3) is 0 Å². The quantitative estimate of drug-likeness (QED) is 0.843.